The highest BCUT2D eigenvalue weighted by atomic mass is 19.2. The SMILES string of the molecule is Cc1ccccc1NC(C(=O)O)c1cccc(F)c1F. The summed E-state index contributed by atoms with van der Waals surface area (Å²) in [6.07, 6.45) is 0. The predicted molar refractivity (Wildman–Crippen MR) is 71.5 cm³/mol. The molecular weight excluding hydrogens is 264 g/mol. The summed E-state index contributed by atoms with van der Waals surface area (Å²) in [5.41, 5.74) is 1.14. The summed E-state index contributed by atoms with van der Waals surface area (Å²) >= 11 is 0. The molecule has 2 N–H and O–H groups in total. The fourth-order valence-electron chi connectivity index (χ4n) is 1.91. The van der Waals surface area contributed by atoms with Crippen molar-refractivity contribution in [2.24, 2.45) is 0 Å². The number of para-hydroxylation sites is 1. The molecule has 0 spiro atoms. The van der Waals surface area contributed by atoms with Gasteiger partial charge in [0.05, 0.1) is 0 Å². The second-order valence-electron chi connectivity index (χ2n) is 4.37. The summed E-state index contributed by atoms with van der Waals surface area (Å²) in [7, 11) is 0. The summed E-state index contributed by atoms with van der Waals surface area (Å²) in [5, 5.41) is 12.0. The molecule has 0 aromatic heterocycles. The number of hydrogen-bond acceptors (Lipinski definition) is 2. The topological polar surface area (TPSA) is 49.3 Å². The maximum absolute atomic E-state index is 13.7. The molecule has 0 aliphatic rings. The van der Waals surface area contributed by atoms with Crippen molar-refractivity contribution < 1.29 is 18.7 Å². The van der Waals surface area contributed by atoms with Crippen molar-refractivity contribution in [3.05, 3.63) is 65.2 Å². The third-order valence-corrected chi connectivity index (χ3v) is 2.98. The predicted octanol–water partition coefficient (Wildman–Crippen LogP) is 3.51. The molecule has 20 heavy (non-hydrogen) atoms. The Labute approximate surface area is 114 Å². The van der Waals surface area contributed by atoms with Crippen molar-refractivity contribution in [2.45, 2.75) is 13.0 Å². The van der Waals surface area contributed by atoms with Crippen LogP contribution in [0.3, 0.4) is 0 Å². The van der Waals surface area contributed by atoms with Crippen LogP contribution >= 0.6 is 0 Å². The van der Waals surface area contributed by atoms with Gasteiger partial charge in [-0.2, -0.15) is 0 Å². The quantitative estimate of drug-likeness (QED) is 0.899. The monoisotopic (exact) mass is 277 g/mol. The van der Waals surface area contributed by atoms with Crippen LogP contribution in [0.5, 0.6) is 0 Å². The van der Waals surface area contributed by atoms with Crippen molar-refractivity contribution in [1.29, 1.82) is 0 Å². The van der Waals surface area contributed by atoms with Gasteiger partial charge in [-0.25, -0.2) is 13.6 Å². The first-order chi connectivity index (χ1) is 9.50. The van der Waals surface area contributed by atoms with E-state index in [1.54, 1.807) is 31.2 Å². The Morgan fingerprint density at radius 2 is 1.85 bits per heavy atom. The molecule has 3 nitrogen and oxygen atoms in total. The Hall–Kier alpha value is -2.43. The van der Waals surface area contributed by atoms with Gasteiger partial charge in [0.2, 0.25) is 0 Å². The number of carboxylic acids is 1. The molecule has 0 amide bonds. The summed E-state index contributed by atoms with van der Waals surface area (Å²) in [4.78, 5) is 11.3. The third-order valence-electron chi connectivity index (χ3n) is 2.98. The normalized spacial score (nSPS) is 11.9. The summed E-state index contributed by atoms with van der Waals surface area (Å²) in [6, 6.07) is 9.14. The number of carboxylic acid groups (broad SMARTS) is 1. The van der Waals surface area contributed by atoms with Crippen molar-refractivity contribution in [1.82, 2.24) is 0 Å². The van der Waals surface area contributed by atoms with Gasteiger partial charge in [-0.15, -0.1) is 0 Å². The van der Waals surface area contributed by atoms with Crippen molar-refractivity contribution in [3.63, 3.8) is 0 Å². The minimum absolute atomic E-state index is 0.235. The number of carbonyl (C=O) groups is 1. The number of hydrogen-bond donors (Lipinski definition) is 2. The second kappa shape index (κ2) is 5.69. The number of nitrogens with one attached hydrogen (secondary N) is 1. The molecule has 5 heteroatoms. The number of aliphatic carboxylic acids is 1. The molecule has 0 aliphatic heterocycles. The van der Waals surface area contributed by atoms with E-state index >= 15 is 0 Å². The highest BCUT2D eigenvalue weighted by Gasteiger charge is 2.25. The first-order valence-corrected chi connectivity index (χ1v) is 5.99. The molecule has 0 saturated carbocycles. The minimum atomic E-state index is -1.35. The summed E-state index contributed by atoms with van der Waals surface area (Å²) in [6.45, 7) is 1.79. The van der Waals surface area contributed by atoms with Gasteiger partial charge in [0.1, 0.15) is 0 Å². The zero-order valence-electron chi connectivity index (χ0n) is 10.7. The zero-order valence-corrected chi connectivity index (χ0v) is 10.7. The molecule has 1 atom stereocenters. The van der Waals surface area contributed by atoms with E-state index < -0.39 is 23.6 Å². The van der Waals surface area contributed by atoms with E-state index in [2.05, 4.69) is 5.32 Å². The molecule has 2 aromatic carbocycles. The Morgan fingerprint density at radius 1 is 1.15 bits per heavy atom. The van der Waals surface area contributed by atoms with Crippen LogP contribution in [0.2, 0.25) is 0 Å². The largest absolute Gasteiger partial charge is 0.479 e. The van der Waals surface area contributed by atoms with Gasteiger partial charge in [0.25, 0.3) is 0 Å². The van der Waals surface area contributed by atoms with Gasteiger partial charge in [0, 0.05) is 11.3 Å². The maximum Gasteiger partial charge on any atom is 0.330 e. The lowest BCUT2D eigenvalue weighted by Gasteiger charge is -2.18. The molecule has 2 aromatic rings. The highest BCUT2D eigenvalue weighted by Crippen LogP contribution is 2.25. The lowest BCUT2D eigenvalue weighted by atomic mass is 10.0. The molecule has 0 aliphatic carbocycles. The van der Waals surface area contributed by atoms with Crippen LogP contribution in [0.1, 0.15) is 17.2 Å². The van der Waals surface area contributed by atoms with Gasteiger partial charge in [0.15, 0.2) is 17.7 Å². The van der Waals surface area contributed by atoms with Gasteiger partial charge < -0.3 is 10.4 Å². The van der Waals surface area contributed by atoms with Gasteiger partial charge in [-0.05, 0) is 24.6 Å². The van der Waals surface area contributed by atoms with Crippen molar-refractivity contribution in [2.75, 3.05) is 5.32 Å². The Balaban J connectivity index is 2.40. The third kappa shape index (κ3) is 2.77. The number of rotatable bonds is 4. The first-order valence-electron chi connectivity index (χ1n) is 5.99. The van der Waals surface area contributed by atoms with Crippen LogP contribution in [-0.4, -0.2) is 11.1 Å². The molecule has 0 heterocycles. The van der Waals surface area contributed by atoms with Crippen LogP contribution in [0, 0.1) is 18.6 Å². The number of aryl methyl sites for hydroxylation is 1. The van der Waals surface area contributed by atoms with Crippen LogP contribution in [0.25, 0.3) is 0 Å². The lowest BCUT2D eigenvalue weighted by molar-refractivity contribution is -0.138. The van der Waals surface area contributed by atoms with Gasteiger partial charge in [-0.3, -0.25) is 0 Å². The van der Waals surface area contributed by atoms with Crippen LogP contribution in [0.15, 0.2) is 42.5 Å². The Morgan fingerprint density at radius 3 is 2.50 bits per heavy atom. The minimum Gasteiger partial charge on any atom is -0.479 e. The molecular formula is C15H13F2NO2. The van der Waals surface area contributed by atoms with E-state index in [1.807, 2.05) is 0 Å². The Kier molecular flexibility index (Phi) is 3.98. The van der Waals surface area contributed by atoms with Gasteiger partial charge in [-0.1, -0.05) is 30.3 Å². The Bertz CT molecular complexity index is 644. The first kappa shape index (κ1) is 14.0. The highest BCUT2D eigenvalue weighted by molar-refractivity contribution is 5.79. The summed E-state index contributed by atoms with van der Waals surface area (Å²) < 4.78 is 27.0. The fraction of sp³-hybridized carbons (Fsp3) is 0.133. The fourth-order valence-corrected chi connectivity index (χ4v) is 1.91. The average molecular weight is 277 g/mol. The van der Waals surface area contributed by atoms with Crippen molar-refractivity contribution >= 4 is 11.7 Å². The smallest absolute Gasteiger partial charge is 0.330 e. The lowest BCUT2D eigenvalue weighted by Crippen LogP contribution is -2.22. The van der Waals surface area contributed by atoms with E-state index in [9.17, 15) is 18.7 Å². The van der Waals surface area contributed by atoms with E-state index in [1.165, 1.54) is 12.1 Å². The molecule has 104 valence electrons. The zero-order chi connectivity index (χ0) is 14.7. The second-order valence-corrected chi connectivity index (χ2v) is 4.37. The number of halogens is 2. The van der Waals surface area contributed by atoms with Gasteiger partial charge >= 0.3 is 5.97 Å². The van der Waals surface area contributed by atoms with E-state index in [-0.39, 0.29) is 5.56 Å². The van der Waals surface area contributed by atoms with Crippen molar-refractivity contribution in [3.8, 4) is 0 Å². The van der Waals surface area contributed by atoms with Crippen LogP contribution in [0.4, 0.5) is 14.5 Å². The number of benzene rings is 2. The molecule has 0 radical (unpaired) electrons. The average Bonchev–Trinajstić information content (AvgIpc) is 2.41. The number of anilines is 1. The molecule has 0 fully saturated rings. The molecule has 1 unspecified atom stereocenters. The summed E-state index contributed by atoms with van der Waals surface area (Å²) in [5.74, 6) is -3.50. The molecule has 2 rings (SSSR count). The van der Waals surface area contributed by atoms with E-state index in [4.69, 9.17) is 0 Å². The van der Waals surface area contributed by atoms with E-state index in [0.29, 0.717) is 5.69 Å². The van der Waals surface area contributed by atoms with Crippen LogP contribution < -0.4 is 5.32 Å². The standard InChI is InChI=1S/C15H13F2NO2/c1-9-5-2-3-8-12(9)18-14(15(19)20)10-6-4-7-11(16)13(10)17/h2-8,14,18H,1H3,(H,19,20). The maximum atomic E-state index is 13.7. The molecule has 0 bridgehead atoms. The molecule has 0 saturated heterocycles. The van der Waals surface area contributed by atoms with Crippen LogP contribution in [-0.2, 0) is 4.79 Å². The van der Waals surface area contributed by atoms with E-state index in [0.717, 1.165) is 11.6 Å².